The molecule has 0 bridgehead atoms. The molecule has 0 saturated heterocycles. The Morgan fingerprint density at radius 1 is 1.14 bits per heavy atom. The summed E-state index contributed by atoms with van der Waals surface area (Å²) in [5.41, 5.74) is 4.86. The van der Waals surface area contributed by atoms with Crippen molar-refractivity contribution in [2.75, 3.05) is 0 Å². The van der Waals surface area contributed by atoms with Crippen molar-refractivity contribution >= 4 is 28.4 Å². The number of hydrogen-bond donors (Lipinski definition) is 0. The molecular formula is C23H20ClN3O2. The second-order valence-corrected chi connectivity index (χ2v) is 7.38. The largest absolute Gasteiger partial charge is 0.459 e. The number of halogens is 1. The number of hydrogen-bond acceptors (Lipinski definition) is 4. The fraction of sp³-hybridized carbons (Fsp3) is 0.174. The Morgan fingerprint density at radius 3 is 2.72 bits per heavy atom. The number of amides is 1. The van der Waals surface area contributed by atoms with Crippen molar-refractivity contribution in [1.29, 1.82) is 0 Å². The summed E-state index contributed by atoms with van der Waals surface area (Å²) in [5, 5.41) is 1.40. The van der Waals surface area contributed by atoms with E-state index >= 15 is 0 Å². The summed E-state index contributed by atoms with van der Waals surface area (Å²) in [5.74, 6) is 0.0698. The van der Waals surface area contributed by atoms with Crippen molar-refractivity contribution in [1.82, 2.24) is 14.9 Å². The van der Waals surface area contributed by atoms with Gasteiger partial charge in [-0.15, -0.1) is 0 Å². The van der Waals surface area contributed by atoms with Gasteiger partial charge in [-0.1, -0.05) is 29.8 Å². The number of benzene rings is 1. The molecule has 0 unspecified atom stereocenters. The predicted molar refractivity (Wildman–Crippen MR) is 113 cm³/mol. The van der Waals surface area contributed by atoms with Gasteiger partial charge in [-0.3, -0.25) is 9.78 Å². The summed E-state index contributed by atoms with van der Waals surface area (Å²) < 4.78 is 5.33. The van der Waals surface area contributed by atoms with E-state index in [0.717, 1.165) is 27.6 Å². The fourth-order valence-electron chi connectivity index (χ4n) is 3.29. The van der Waals surface area contributed by atoms with Crippen LogP contribution in [0.2, 0.25) is 5.15 Å². The molecule has 0 aliphatic carbocycles. The minimum atomic E-state index is -0.213. The van der Waals surface area contributed by atoms with Gasteiger partial charge in [0.1, 0.15) is 5.15 Å². The molecule has 1 amide bonds. The molecule has 3 heterocycles. The van der Waals surface area contributed by atoms with Gasteiger partial charge in [-0.05, 0) is 54.8 Å². The number of aryl methyl sites for hydroxylation is 2. The number of rotatable bonds is 5. The van der Waals surface area contributed by atoms with E-state index < -0.39 is 0 Å². The van der Waals surface area contributed by atoms with E-state index in [1.54, 1.807) is 29.4 Å². The summed E-state index contributed by atoms with van der Waals surface area (Å²) in [6.45, 7) is 4.78. The summed E-state index contributed by atoms with van der Waals surface area (Å²) in [7, 11) is 0. The molecule has 1 aromatic carbocycles. The Hall–Kier alpha value is -3.18. The van der Waals surface area contributed by atoms with Crippen LogP contribution in [-0.4, -0.2) is 20.8 Å². The Kier molecular flexibility index (Phi) is 5.32. The highest BCUT2D eigenvalue weighted by molar-refractivity contribution is 6.30. The SMILES string of the molecule is Cc1ccc2cc(CN(Cc3cccnc3)C(=O)c3ccco3)c(Cl)nc2c1C. The van der Waals surface area contributed by atoms with Crippen molar-refractivity contribution < 1.29 is 9.21 Å². The van der Waals surface area contributed by atoms with Crippen LogP contribution in [0.4, 0.5) is 0 Å². The number of carbonyl (C=O) groups is 1. The molecule has 0 radical (unpaired) electrons. The molecule has 6 heteroatoms. The Balaban J connectivity index is 1.71. The normalized spacial score (nSPS) is 11.0. The minimum absolute atomic E-state index is 0.213. The molecule has 3 aromatic heterocycles. The molecule has 0 aliphatic rings. The van der Waals surface area contributed by atoms with E-state index in [0.29, 0.717) is 18.2 Å². The summed E-state index contributed by atoms with van der Waals surface area (Å²) in [4.78, 5) is 23.5. The van der Waals surface area contributed by atoms with Gasteiger partial charge in [0.05, 0.1) is 11.8 Å². The van der Waals surface area contributed by atoms with Gasteiger partial charge in [0.2, 0.25) is 0 Å². The molecule has 4 aromatic rings. The summed E-state index contributed by atoms with van der Waals surface area (Å²) >= 11 is 6.52. The lowest BCUT2D eigenvalue weighted by atomic mass is 10.0. The van der Waals surface area contributed by atoms with Gasteiger partial charge in [0, 0.05) is 36.4 Å². The lowest BCUT2D eigenvalue weighted by molar-refractivity contribution is 0.0697. The van der Waals surface area contributed by atoms with Crippen molar-refractivity contribution in [3.63, 3.8) is 0 Å². The monoisotopic (exact) mass is 405 g/mol. The fourth-order valence-corrected chi connectivity index (χ4v) is 3.49. The summed E-state index contributed by atoms with van der Waals surface area (Å²) in [6, 6.07) is 13.2. The number of nitrogens with zero attached hydrogens (tertiary/aromatic N) is 3. The third-order valence-corrected chi connectivity index (χ3v) is 5.34. The van der Waals surface area contributed by atoms with Crippen LogP contribution in [-0.2, 0) is 13.1 Å². The first-order chi connectivity index (χ1) is 14.0. The minimum Gasteiger partial charge on any atom is -0.459 e. The average molecular weight is 406 g/mol. The highest BCUT2D eigenvalue weighted by Crippen LogP contribution is 2.26. The Bertz CT molecular complexity index is 1160. The molecule has 0 N–H and O–H groups in total. The van der Waals surface area contributed by atoms with E-state index in [1.165, 1.54) is 11.8 Å². The smallest absolute Gasteiger partial charge is 0.290 e. The lowest BCUT2D eigenvalue weighted by Gasteiger charge is -2.22. The maximum Gasteiger partial charge on any atom is 0.290 e. The summed E-state index contributed by atoms with van der Waals surface area (Å²) in [6.07, 6.45) is 4.94. The zero-order valence-corrected chi connectivity index (χ0v) is 17.0. The standard InChI is InChI=1S/C23H20ClN3O2/c1-15-7-8-18-11-19(22(24)26-21(18)16(15)2)14-27(13-17-5-3-9-25-12-17)23(28)20-6-4-10-29-20/h3-12H,13-14H2,1-2H3. The van der Waals surface area contributed by atoms with Gasteiger partial charge in [-0.25, -0.2) is 4.98 Å². The first-order valence-electron chi connectivity index (χ1n) is 9.30. The Morgan fingerprint density at radius 2 is 2.00 bits per heavy atom. The topological polar surface area (TPSA) is 59.2 Å². The molecule has 0 saturated carbocycles. The van der Waals surface area contributed by atoms with E-state index in [4.69, 9.17) is 16.0 Å². The van der Waals surface area contributed by atoms with Gasteiger partial charge in [0.25, 0.3) is 5.91 Å². The first kappa shape index (κ1) is 19.2. The second-order valence-electron chi connectivity index (χ2n) is 7.02. The van der Waals surface area contributed by atoms with Crippen LogP contribution in [0.5, 0.6) is 0 Å². The zero-order valence-electron chi connectivity index (χ0n) is 16.2. The number of aromatic nitrogens is 2. The lowest BCUT2D eigenvalue weighted by Crippen LogP contribution is -2.30. The molecule has 146 valence electrons. The number of furan rings is 1. The van der Waals surface area contributed by atoms with Crippen molar-refractivity contribution in [3.05, 3.63) is 94.3 Å². The molecular weight excluding hydrogens is 386 g/mol. The molecule has 0 aliphatic heterocycles. The maximum absolute atomic E-state index is 13.0. The van der Waals surface area contributed by atoms with E-state index in [2.05, 4.69) is 23.0 Å². The number of carbonyl (C=O) groups excluding carboxylic acids is 1. The molecule has 29 heavy (non-hydrogen) atoms. The van der Waals surface area contributed by atoms with Crippen LogP contribution >= 0.6 is 11.6 Å². The van der Waals surface area contributed by atoms with Gasteiger partial charge in [0.15, 0.2) is 5.76 Å². The first-order valence-corrected chi connectivity index (χ1v) is 9.68. The average Bonchev–Trinajstić information content (AvgIpc) is 3.26. The van der Waals surface area contributed by atoms with Crippen LogP contribution in [0, 0.1) is 13.8 Å². The molecule has 0 spiro atoms. The molecule has 0 fully saturated rings. The highest BCUT2D eigenvalue weighted by atomic mass is 35.5. The van der Waals surface area contributed by atoms with Gasteiger partial charge in [-0.2, -0.15) is 0 Å². The van der Waals surface area contributed by atoms with Gasteiger partial charge >= 0.3 is 0 Å². The third kappa shape index (κ3) is 4.00. The van der Waals surface area contributed by atoms with E-state index in [-0.39, 0.29) is 11.7 Å². The van der Waals surface area contributed by atoms with Gasteiger partial charge < -0.3 is 9.32 Å². The predicted octanol–water partition coefficient (Wildman–Crippen LogP) is 5.34. The maximum atomic E-state index is 13.0. The number of fused-ring (bicyclic) bond motifs is 1. The zero-order chi connectivity index (χ0) is 20.4. The second kappa shape index (κ2) is 8.05. The van der Waals surface area contributed by atoms with Crippen LogP contribution in [0.15, 0.2) is 65.5 Å². The van der Waals surface area contributed by atoms with E-state index in [1.807, 2.05) is 31.2 Å². The third-order valence-electron chi connectivity index (χ3n) is 5.01. The van der Waals surface area contributed by atoms with Crippen molar-refractivity contribution in [2.24, 2.45) is 0 Å². The van der Waals surface area contributed by atoms with Crippen LogP contribution in [0.3, 0.4) is 0 Å². The van der Waals surface area contributed by atoms with Crippen LogP contribution < -0.4 is 0 Å². The van der Waals surface area contributed by atoms with E-state index in [9.17, 15) is 4.79 Å². The van der Waals surface area contributed by atoms with Crippen LogP contribution in [0.1, 0.15) is 32.8 Å². The molecule has 4 rings (SSSR count). The quantitative estimate of drug-likeness (QED) is 0.421. The number of pyridine rings is 2. The molecule has 0 atom stereocenters. The molecule has 5 nitrogen and oxygen atoms in total. The van der Waals surface area contributed by atoms with Crippen molar-refractivity contribution in [3.8, 4) is 0 Å². The Labute approximate surface area is 174 Å². The van der Waals surface area contributed by atoms with Crippen molar-refractivity contribution in [2.45, 2.75) is 26.9 Å². The highest BCUT2D eigenvalue weighted by Gasteiger charge is 2.21. The van der Waals surface area contributed by atoms with Crippen LogP contribution in [0.25, 0.3) is 10.9 Å².